The predicted molar refractivity (Wildman–Crippen MR) is 83.5 cm³/mol. The average molecular weight is 303 g/mol. The van der Waals surface area contributed by atoms with Crippen LogP contribution in [0.15, 0.2) is 30.5 Å². The van der Waals surface area contributed by atoms with Crippen LogP contribution in [-0.2, 0) is 16.1 Å². The molecule has 1 amide bonds. The second kappa shape index (κ2) is 8.17. The number of rotatable bonds is 9. The van der Waals surface area contributed by atoms with Crippen LogP contribution in [0.1, 0.15) is 32.1 Å². The van der Waals surface area contributed by atoms with E-state index >= 15 is 0 Å². The van der Waals surface area contributed by atoms with Crippen LogP contribution < -0.4 is 5.32 Å². The summed E-state index contributed by atoms with van der Waals surface area (Å²) in [5.74, 6) is -0.806. The fourth-order valence-corrected chi connectivity index (χ4v) is 2.33. The molecule has 118 valence electrons. The number of hydrogen-bond donors (Lipinski definition) is 2. The van der Waals surface area contributed by atoms with Gasteiger partial charge in [0.1, 0.15) is 6.54 Å². The quantitative estimate of drug-likeness (QED) is 0.695. The van der Waals surface area contributed by atoms with Gasteiger partial charge in [-0.15, -0.1) is 0 Å². The van der Waals surface area contributed by atoms with Crippen LogP contribution in [0.3, 0.4) is 0 Å². The molecule has 0 unspecified atom stereocenters. The molecule has 1 aromatic carbocycles. The lowest BCUT2D eigenvalue weighted by Crippen LogP contribution is -2.28. The van der Waals surface area contributed by atoms with Gasteiger partial charge in [-0.1, -0.05) is 31.0 Å². The van der Waals surface area contributed by atoms with Gasteiger partial charge in [-0.3, -0.25) is 14.3 Å². The van der Waals surface area contributed by atoms with Crippen LogP contribution in [0.2, 0.25) is 0 Å². The van der Waals surface area contributed by atoms with E-state index in [9.17, 15) is 9.59 Å². The van der Waals surface area contributed by atoms with Crippen molar-refractivity contribution >= 4 is 22.8 Å². The van der Waals surface area contributed by atoms with Gasteiger partial charge < -0.3 is 10.4 Å². The second-order valence-electron chi connectivity index (χ2n) is 5.27. The minimum atomic E-state index is -0.750. The van der Waals surface area contributed by atoms with Gasteiger partial charge in [0, 0.05) is 18.4 Å². The molecule has 2 aromatic rings. The number of aromatic nitrogens is 2. The number of carboxylic acid groups (broad SMARTS) is 1. The minimum Gasteiger partial charge on any atom is -0.481 e. The number of fused-ring (bicyclic) bond motifs is 1. The van der Waals surface area contributed by atoms with Crippen LogP contribution >= 0.6 is 0 Å². The molecule has 2 N–H and O–H groups in total. The molecule has 6 heteroatoms. The van der Waals surface area contributed by atoms with Crippen molar-refractivity contribution in [3.05, 3.63) is 30.5 Å². The molecule has 0 aliphatic heterocycles. The zero-order valence-corrected chi connectivity index (χ0v) is 12.5. The first-order valence-electron chi connectivity index (χ1n) is 7.56. The van der Waals surface area contributed by atoms with Crippen LogP contribution in [0.4, 0.5) is 0 Å². The molecule has 0 atom stereocenters. The van der Waals surface area contributed by atoms with Gasteiger partial charge >= 0.3 is 5.97 Å². The highest BCUT2D eigenvalue weighted by Gasteiger charge is 2.06. The monoisotopic (exact) mass is 303 g/mol. The number of nitrogens with zero attached hydrogens (tertiary/aromatic N) is 2. The lowest BCUT2D eigenvalue weighted by molar-refractivity contribution is -0.137. The van der Waals surface area contributed by atoms with Gasteiger partial charge in [-0.2, -0.15) is 5.10 Å². The lowest BCUT2D eigenvalue weighted by Gasteiger charge is -2.06. The fraction of sp³-hybridized carbons (Fsp3) is 0.438. The van der Waals surface area contributed by atoms with Crippen molar-refractivity contribution in [1.29, 1.82) is 0 Å². The molecule has 6 nitrogen and oxygen atoms in total. The molecular formula is C16H21N3O3. The molecule has 1 aromatic heterocycles. The highest BCUT2D eigenvalue weighted by Crippen LogP contribution is 2.12. The summed E-state index contributed by atoms with van der Waals surface area (Å²) >= 11 is 0. The van der Waals surface area contributed by atoms with Gasteiger partial charge in [0.05, 0.1) is 11.7 Å². The largest absolute Gasteiger partial charge is 0.481 e. The minimum absolute atomic E-state index is 0.0561. The number of amides is 1. The van der Waals surface area contributed by atoms with E-state index in [1.807, 2.05) is 24.3 Å². The van der Waals surface area contributed by atoms with Gasteiger partial charge in [0.15, 0.2) is 0 Å². The molecule has 0 spiro atoms. The fourth-order valence-electron chi connectivity index (χ4n) is 2.33. The Bertz CT molecular complexity index is 636. The Kier molecular flexibility index (Phi) is 5.94. The average Bonchev–Trinajstić information content (AvgIpc) is 2.89. The third kappa shape index (κ3) is 4.87. The number of aliphatic carboxylic acids is 1. The third-order valence-electron chi connectivity index (χ3n) is 3.48. The number of benzene rings is 1. The summed E-state index contributed by atoms with van der Waals surface area (Å²) < 4.78 is 1.69. The van der Waals surface area contributed by atoms with Crippen molar-refractivity contribution < 1.29 is 14.7 Å². The Morgan fingerprint density at radius 1 is 1.14 bits per heavy atom. The standard InChI is InChI=1S/C16H21N3O3/c20-15(17-10-6-2-1-3-9-16(21)22)12-19-14-8-5-4-7-13(14)11-18-19/h4-5,7-8,11H,1-3,6,9-10,12H2,(H,17,20)(H,21,22). The van der Waals surface area contributed by atoms with E-state index in [0.29, 0.717) is 13.0 Å². The van der Waals surface area contributed by atoms with Gasteiger partial charge in [-0.25, -0.2) is 0 Å². The maximum atomic E-state index is 11.9. The lowest BCUT2D eigenvalue weighted by atomic mass is 10.1. The van der Waals surface area contributed by atoms with Crippen LogP contribution in [0.25, 0.3) is 10.9 Å². The molecule has 0 saturated carbocycles. The predicted octanol–water partition coefficient (Wildman–Crippen LogP) is 2.19. The Hall–Kier alpha value is -2.37. The number of unbranched alkanes of at least 4 members (excludes halogenated alkanes) is 3. The van der Waals surface area contributed by atoms with Crippen molar-refractivity contribution in [1.82, 2.24) is 15.1 Å². The highest BCUT2D eigenvalue weighted by molar-refractivity contribution is 5.81. The number of carbonyl (C=O) groups excluding carboxylic acids is 1. The van der Waals surface area contributed by atoms with E-state index in [2.05, 4.69) is 10.4 Å². The van der Waals surface area contributed by atoms with E-state index in [1.165, 1.54) is 0 Å². The van der Waals surface area contributed by atoms with E-state index < -0.39 is 5.97 Å². The Morgan fingerprint density at radius 2 is 1.91 bits per heavy atom. The molecule has 0 aliphatic rings. The maximum Gasteiger partial charge on any atom is 0.303 e. The zero-order valence-electron chi connectivity index (χ0n) is 12.5. The number of nitrogens with one attached hydrogen (secondary N) is 1. The van der Waals surface area contributed by atoms with Crippen LogP contribution in [0.5, 0.6) is 0 Å². The van der Waals surface area contributed by atoms with Crippen molar-refractivity contribution in [2.45, 2.75) is 38.6 Å². The molecule has 1 heterocycles. The topological polar surface area (TPSA) is 84.2 Å². The first-order valence-corrected chi connectivity index (χ1v) is 7.56. The summed E-state index contributed by atoms with van der Waals surface area (Å²) in [4.78, 5) is 22.2. The maximum absolute atomic E-state index is 11.9. The van der Waals surface area contributed by atoms with Crippen LogP contribution in [0, 0.1) is 0 Å². The van der Waals surface area contributed by atoms with Gasteiger partial charge in [-0.05, 0) is 18.9 Å². The SMILES string of the molecule is O=C(O)CCCCCCNC(=O)Cn1ncc2ccccc21. The molecule has 2 rings (SSSR count). The van der Waals surface area contributed by atoms with Crippen molar-refractivity contribution in [3.63, 3.8) is 0 Å². The van der Waals surface area contributed by atoms with Gasteiger partial charge in [0.2, 0.25) is 5.91 Å². The number of carboxylic acids is 1. The molecule has 0 aliphatic carbocycles. The van der Waals surface area contributed by atoms with E-state index in [4.69, 9.17) is 5.11 Å². The summed E-state index contributed by atoms with van der Waals surface area (Å²) in [6.45, 7) is 0.831. The smallest absolute Gasteiger partial charge is 0.303 e. The van der Waals surface area contributed by atoms with E-state index in [0.717, 1.165) is 30.2 Å². The van der Waals surface area contributed by atoms with Crippen LogP contribution in [-0.4, -0.2) is 33.3 Å². The zero-order chi connectivity index (χ0) is 15.8. The molecule has 0 saturated heterocycles. The number of carbonyl (C=O) groups is 2. The summed E-state index contributed by atoms with van der Waals surface area (Å²) in [5, 5.41) is 16.6. The molecular weight excluding hydrogens is 282 g/mol. The van der Waals surface area contributed by atoms with E-state index in [1.54, 1.807) is 10.9 Å². The number of hydrogen-bond acceptors (Lipinski definition) is 3. The normalized spacial score (nSPS) is 10.7. The summed E-state index contributed by atoms with van der Waals surface area (Å²) in [6.07, 6.45) is 5.35. The van der Waals surface area contributed by atoms with Crippen molar-refractivity contribution in [3.8, 4) is 0 Å². The van der Waals surface area contributed by atoms with Gasteiger partial charge in [0.25, 0.3) is 0 Å². The second-order valence-corrected chi connectivity index (χ2v) is 5.27. The van der Waals surface area contributed by atoms with Crippen molar-refractivity contribution in [2.75, 3.05) is 6.54 Å². The summed E-state index contributed by atoms with van der Waals surface area (Å²) in [5.41, 5.74) is 0.950. The Balaban J connectivity index is 1.65. The molecule has 0 fully saturated rings. The Labute approximate surface area is 129 Å². The summed E-state index contributed by atoms with van der Waals surface area (Å²) in [7, 11) is 0. The van der Waals surface area contributed by atoms with E-state index in [-0.39, 0.29) is 18.9 Å². The number of para-hydroxylation sites is 1. The third-order valence-corrected chi connectivity index (χ3v) is 3.48. The first kappa shape index (κ1) is 16.0. The summed E-state index contributed by atoms with van der Waals surface area (Å²) in [6, 6.07) is 7.78. The molecule has 0 bridgehead atoms. The van der Waals surface area contributed by atoms with Crippen molar-refractivity contribution in [2.24, 2.45) is 0 Å². The highest BCUT2D eigenvalue weighted by atomic mass is 16.4. The molecule has 0 radical (unpaired) electrons. The molecule has 22 heavy (non-hydrogen) atoms. The Morgan fingerprint density at radius 3 is 2.73 bits per heavy atom. The first-order chi connectivity index (χ1) is 10.7.